The van der Waals surface area contributed by atoms with Crippen LogP contribution in [0, 0.1) is 11.8 Å². The molecule has 3 nitrogen and oxygen atoms in total. The van der Waals surface area contributed by atoms with Crippen LogP contribution in [0.1, 0.15) is 20.3 Å². The van der Waals surface area contributed by atoms with Gasteiger partial charge in [-0.05, 0) is 18.9 Å². The number of aliphatic imine (C=N–C) groups is 1. The summed E-state index contributed by atoms with van der Waals surface area (Å²) in [6, 6.07) is 0. The van der Waals surface area contributed by atoms with Crippen LogP contribution in [-0.2, 0) is 4.74 Å². The van der Waals surface area contributed by atoms with Gasteiger partial charge in [-0.2, -0.15) is 0 Å². The smallest absolute Gasteiger partial charge is 0.188 e. The Morgan fingerprint density at radius 2 is 2.38 bits per heavy atom. The topological polar surface area (TPSA) is 33.6 Å². The first-order chi connectivity index (χ1) is 6.27. The van der Waals surface area contributed by atoms with Gasteiger partial charge in [-0.1, -0.05) is 13.8 Å². The van der Waals surface area contributed by atoms with Crippen LogP contribution in [0.3, 0.4) is 0 Å². The number of hydrogen-bond acceptors (Lipinski definition) is 3. The molecule has 1 N–H and O–H groups in total. The van der Waals surface area contributed by atoms with E-state index in [0.717, 1.165) is 25.5 Å². The maximum atomic E-state index is 5.82. The summed E-state index contributed by atoms with van der Waals surface area (Å²) in [5, 5.41) is 3.33. The van der Waals surface area contributed by atoms with Crippen LogP contribution in [0.25, 0.3) is 0 Å². The van der Waals surface area contributed by atoms with Crippen molar-refractivity contribution in [3.8, 4) is 0 Å². The number of hydrogen-bond donors (Lipinski definition) is 1. The number of ether oxygens (including phenoxy) is 1. The highest BCUT2D eigenvalue weighted by molar-refractivity contribution is 5.80. The average molecular weight is 182 g/mol. The lowest BCUT2D eigenvalue weighted by Gasteiger charge is -2.16. The van der Waals surface area contributed by atoms with Gasteiger partial charge < -0.3 is 10.1 Å². The highest BCUT2D eigenvalue weighted by Gasteiger charge is 2.29. The molecule has 2 aliphatic heterocycles. The van der Waals surface area contributed by atoms with Crippen molar-refractivity contribution in [1.82, 2.24) is 5.32 Å². The van der Waals surface area contributed by atoms with Gasteiger partial charge in [0.2, 0.25) is 0 Å². The molecular formula is C10H18N2O. The predicted molar refractivity (Wildman–Crippen MR) is 53.0 cm³/mol. The van der Waals surface area contributed by atoms with E-state index in [1.165, 1.54) is 6.42 Å². The van der Waals surface area contributed by atoms with Crippen LogP contribution >= 0.6 is 0 Å². The van der Waals surface area contributed by atoms with Gasteiger partial charge in [-0.3, -0.25) is 4.99 Å². The van der Waals surface area contributed by atoms with E-state index in [4.69, 9.17) is 4.74 Å². The molecule has 2 aliphatic rings. The lowest BCUT2D eigenvalue weighted by Crippen LogP contribution is -2.24. The second-order valence-corrected chi connectivity index (χ2v) is 4.27. The predicted octanol–water partition coefficient (Wildman–Crippen LogP) is 1.05. The summed E-state index contributed by atoms with van der Waals surface area (Å²) < 4.78 is 5.82. The molecule has 0 radical (unpaired) electrons. The van der Waals surface area contributed by atoms with Crippen molar-refractivity contribution < 1.29 is 4.74 Å². The Hall–Kier alpha value is -0.570. The van der Waals surface area contributed by atoms with Crippen molar-refractivity contribution in [1.29, 1.82) is 0 Å². The fraction of sp³-hybridized carbons (Fsp3) is 0.900. The molecule has 1 fully saturated rings. The SMILES string of the molecule is CC(C)C1CN=C(C2CCNC2)O1. The van der Waals surface area contributed by atoms with E-state index in [0.29, 0.717) is 17.9 Å². The first-order valence-corrected chi connectivity index (χ1v) is 5.19. The van der Waals surface area contributed by atoms with Crippen molar-refractivity contribution >= 4 is 5.90 Å². The molecule has 0 bridgehead atoms. The Morgan fingerprint density at radius 3 is 2.92 bits per heavy atom. The van der Waals surface area contributed by atoms with Gasteiger partial charge in [0.1, 0.15) is 6.10 Å². The summed E-state index contributed by atoms with van der Waals surface area (Å²) in [5.74, 6) is 2.13. The molecule has 2 unspecified atom stereocenters. The standard InChI is InChI=1S/C10H18N2O/c1-7(2)9-6-12-10(13-9)8-3-4-11-5-8/h7-9,11H,3-6H2,1-2H3. The summed E-state index contributed by atoms with van der Waals surface area (Å²) in [6.07, 6.45) is 1.51. The zero-order valence-electron chi connectivity index (χ0n) is 8.42. The second-order valence-electron chi connectivity index (χ2n) is 4.27. The molecule has 1 saturated heterocycles. The van der Waals surface area contributed by atoms with E-state index in [1.807, 2.05) is 0 Å². The van der Waals surface area contributed by atoms with Gasteiger partial charge in [0.25, 0.3) is 0 Å². The van der Waals surface area contributed by atoms with Crippen LogP contribution in [0.5, 0.6) is 0 Å². The molecule has 2 atom stereocenters. The van der Waals surface area contributed by atoms with E-state index >= 15 is 0 Å². The zero-order valence-corrected chi connectivity index (χ0v) is 8.42. The minimum Gasteiger partial charge on any atom is -0.475 e. The van der Waals surface area contributed by atoms with E-state index in [9.17, 15) is 0 Å². The second kappa shape index (κ2) is 3.66. The quantitative estimate of drug-likeness (QED) is 0.692. The Kier molecular flexibility index (Phi) is 2.54. The molecule has 0 aromatic heterocycles. The molecule has 0 aromatic carbocycles. The van der Waals surface area contributed by atoms with Crippen molar-refractivity contribution in [2.45, 2.75) is 26.4 Å². The third kappa shape index (κ3) is 1.85. The van der Waals surface area contributed by atoms with Crippen LogP contribution in [0.15, 0.2) is 4.99 Å². The van der Waals surface area contributed by atoms with E-state index in [1.54, 1.807) is 0 Å². The summed E-state index contributed by atoms with van der Waals surface area (Å²) in [7, 11) is 0. The number of nitrogens with one attached hydrogen (secondary N) is 1. The molecule has 2 heterocycles. The lowest BCUT2D eigenvalue weighted by atomic mass is 10.1. The van der Waals surface area contributed by atoms with Crippen molar-refractivity contribution in [2.75, 3.05) is 19.6 Å². The maximum absolute atomic E-state index is 5.82. The van der Waals surface area contributed by atoms with Crippen LogP contribution in [-0.4, -0.2) is 31.6 Å². The molecular weight excluding hydrogens is 164 g/mol. The monoisotopic (exact) mass is 182 g/mol. The van der Waals surface area contributed by atoms with Gasteiger partial charge in [0, 0.05) is 12.5 Å². The molecule has 74 valence electrons. The third-order valence-electron chi connectivity index (χ3n) is 2.85. The molecule has 2 rings (SSSR count). The van der Waals surface area contributed by atoms with Gasteiger partial charge >= 0.3 is 0 Å². The molecule has 0 spiro atoms. The fourth-order valence-electron chi connectivity index (χ4n) is 1.85. The highest BCUT2D eigenvalue weighted by atomic mass is 16.5. The van der Waals surface area contributed by atoms with Gasteiger partial charge in [-0.15, -0.1) is 0 Å². The Bertz CT molecular complexity index is 207. The summed E-state index contributed by atoms with van der Waals surface area (Å²) in [4.78, 5) is 4.47. The molecule has 3 heteroatoms. The van der Waals surface area contributed by atoms with Crippen LogP contribution in [0.2, 0.25) is 0 Å². The van der Waals surface area contributed by atoms with Crippen molar-refractivity contribution in [3.63, 3.8) is 0 Å². The normalized spacial score (nSPS) is 33.6. The first-order valence-electron chi connectivity index (χ1n) is 5.19. The molecule has 13 heavy (non-hydrogen) atoms. The maximum Gasteiger partial charge on any atom is 0.188 e. The van der Waals surface area contributed by atoms with Gasteiger partial charge in [0.05, 0.1) is 6.54 Å². The van der Waals surface area contributed by atoms with Crippen LogP contribution < -0.4 is 5.32 Å². The van der Waals surface area contributed by atoms with Crippen molar-refractivity contribution in [2.24, 2.45) is 16.8 Å². The summed E-state index contributed by atoms with van der Waals surface area (Å²) in [5.41, 5.74) is 0. The third-order valence-corrected chi connectivity index (χ3v) is 2.85. The van der Waals surface area contributed by atoms with Crippen LogP contribution in [0.4, 0.5) is 0 Å². The first kappa shape index (κ1) is 9.00. The fourth-order valence-corrected chi connectivity index (χ4v) is 1.85. The Morgan fingerprint density at radius 1 is 1.54 bits per heavy atom. The molecule has 0 amide bonds. The molecule has 0 saturated carbocycles. The van der Waals surface area contributed by atoms with E-state index < -0.39 is 0 Å². The Labute approximate surface area is 79.6 Å². The van der Waals surface area contributed by atoms with E-state index in [2.05, 4.69) is 24.2 Å². The largest absolute Gasteiger partial charge is 0.475 e. The number of nitrogens with zero attached hydrogens (tertiary/aromatic N) is 1. The minimum absolute atomic E-state index is 0.329. The highest BCUT2D eigenvalue weighted by Crippen LogP contribution is 2.20. The van der Waals surface area contributed by atoms with Gasteiger partial charge in [-0.25, -0.2) is 0 Å². The zero-order chi connectivity index (χ0) is 9.26. The Balaban J connectivity index is 1.89. The lowest BCUT2D eigenvalue weighted by molar-refractivity contribution is 0.162. The summed E-state index contributed by atoms with van der Waals surface area (Å²) >= 11 is 0. The summed E-state index contributed by atoms with van der Waals surface area (Å²) in [6.45, 7) is 7.40. The minimum atomic E-state index is 0.329. The molecule has 0 aromatic rings. The van der Waals surface area contributed by atoms with Gasteiger partial charge in [0.15, 0.2) is 5.90 Å². The number of rotatable bonds is 2. The van der Waals surface area contributed by atoms with E-state index in [-0.39, 0.29) is 0 Å². The molecule has 0 aliphatic carbocycles. The van der Waals surface area contributed by atoms with Crippen molar-refractivity contribution in [3.05, 3.63) is 0 Å². The average Bonchev–Trinajstić information content (AvgIpc) is 2.75.